The Kier molecular flexibility index (Phi) is 44.0. The average molecular weight is 1550 g/mol. The van der Waals surface area contributed by atoms with Crippen molar-refractivity contribution < 1.29 is 153 Å². The topological polar surface area (TPSA) is 541 Å². The van der Waals surface area contributed by atoms with Crippen molar-refractivity contribution in [3.63, 3.8) is 0 Å². The Morgan fingerprint density at radius 1 is 0.486 bits per heavy atom. The van der Waals surface area contributed by atoms with Gasteiger partial charge in [0.25, 0.3) is 5.79 Å². The number of carboxylic acid groups (broad SMARTS) is 1. The predicted octanol–water partition coefficient (Wildman–Crippen LogP) is -1.04. The summed E-state index contributed by atoms with van der Waals surface area (Å²) >= 11 is 0. The van der Waals surface area contributed by atoms with Crippen LogP contribution in [0.25, 0.3) is 0 Å². The fraction of sp³-hybridized carbons (Fsp3) is 0.918. The van der Waals surface area contributed by atoms with Crippen molar-refractivity contribution in [1.82, 2.24) is 16.0 Å². The number of aliphatic hydroxyl groups excluding tert-OH is 16. The minimum Gasteiger partial charge on any atom is -0.477 e. The maximum atomic E-state index is 13.8. The molecule has 34 nitrogen and oxygen atoms in total. The van der Waals surface area contributed by atoms with Gasteiger partial charge in [-0.3, -0.25) is 14.4 Å². The van der Waals surface area contributed by atoms with Gasteiger partial charge in [-0.25, -0.2) is 4.79 Å². The summed E-state index contributed by atoms with van der Waals surface area (Å²) in [5.41, 5.74) is 0. The molecule has 5 rings (SSSR count). The largest absolute Gasteiger partial charge is 0.477 e. The molecule has 0 aromatic rings. The Bertz CT molecular complexity index is 2500. The number of rotatable bonds is 52. The van der Waals surface area contributed by atoms with Crippen LogP contribution in [0.4, 0.5) is 0 Å². The van der Waals surface area contributed by atoms with Gasteiger partial charge >= 0.3 is 5.97 Å². The number of carbonyl (C=O) groups excluding carboxylic acids is 3. The first-order valence-electron chi connectivity index (χ1n) is 39.1. The third-order valence-corrected chi connectivity index (χ3v) is 20.6. The third kappa shape index (κ3) is 29.2. The zero-order valence-electron chi connectivity index (χ0n) is 62.8. The maximum absolute atomic E-state index is 13.8. The minimum absolute atomic E-state index is 0.135. The molecule has 0 spiro atoms. The van der Waals surface area contributed by atoms with E-state index in [0.29, 0.717) is 12.8 Å². The minimum atomic E-state index is -3.38. The van der Waals surface area contributed by atoms with Crippen LogP contribution in [0.5, 0.6) is 0 Å². The van der Waals surface area contributed by atoms with Gasteiger partial charge in [0.15, 0.2) is 25.2 Å². The Balaban J connectivity index is 1.40. The van der Waals surface area contributed by atoms with E-state index in [4.69, 9.17) is 47.4 Å². The first kappa shape index (κ1) is 94.2. The number of allylic oxidation sites excluding steroid dienone is 1. The molecule has 0 saturated carbocycles. The van der Waals surface area contributed by atoms with Crippen LogP contribution in [-0.4, -0.2) is 321 Å². The molecule has 28 atom stereocenters. The number of unbranched alkanes of at least 4 members (excludes halogenated alkanes) is 25. The van der Waals surface area contributed by atoms with Crippen molar-refractivity contribution >= 4 is 23.7 Å². The van der Waals surface area contributed by atoms with E-state index in [2.05, 4.69) is 29.8 Å². The van der Waals surface area contributed by atoms with E-state index in [1.54, 1.807) is 6.08 Å². The summed E-state index contributed by atoms with van der Waals surface area (Å²) in [6.45, 7) is 0.317. The Hall–Kier alpha value is -3.42. The summed E-state index contributed by atoms with van der Waals surface area (Å²) in [5, 5.41) is 197. The average Bonchev–Trinajstić information content (AvgIpc) is 0.750. The SMILES string of the molecule is CCCCCCCCCCCCC/C=C/C(O)C(CO[C@@H]1O[C@H](CO)[C@@H](O[C@@H]2O[C@H](CO)[C@H](O[C@@H]3O[C@H](CO)[C@H](O)[C@H](O[C@@H]4O[C@H](CO)[C@H](O)[C@H](O)[C@H]4O)[C@H]3NC(C)=O)[C@H](O[C@]3(C(=O)O)C[C@H](O)[C@@H](NC(C)=O)[C@@H](C(O)C(O)CO)O3)[C@H]2O)[C@H](O)[C@H]1O)NC(=O)CCCCCCCCCCCCCCCCC. The van der Waals surface area contributed by atoms with E-state index in [1.165, 1.54) is 103 Å². The highest BCUT2D eigenvalue weighted by atomic mass is 16.8. The summed E-state index contributed by atoms with van der Waals surface area (Å²) in [5.74, 6) is -7.71. The molecule has 20 N–H and O–H groups in total. The zero-order valence-corrected chi connectivity index (χ0v) is 62.8. The first-order valence-corrected chi connectivity index (χ1v) is 39.1. The summed E-state index contributed by atoms with van der Waals surface area (Å²) in [6.07, 6.45) is -16.8. The second-order valence-corrected chi connectivity index (χ2v) is 29.3. The van der Waals surface area contributed by atoms with Crippen molar-refractivity contribution in [2.45, 2.75) is 385 Å². The van der Waals surface area contributed by atoms with E-state index >= 15 is 0 Å². The van der Waals surface area contributed by atoms with E-state index < -0.39 is 235 Å². The number of amides is 3. The van der Waals surface area contributed by atoms with Crippen molar-refractivity contribution in [3.05, 3.63) is 12.2 Å². The molecule has 0 radical (unpaired) electrons. The smallest absolute Gasteiger partial charge is 0.364 e. The van der Waals surface area contributed by atoms with Crippen molar-refractivity contribution in [3.8, 4) is 0 Å². The molecule has 0 aromatic carbocycles. The Morgan fingerprint density at radius 2 is 0.925 bits per heavy atom. The fourth-order valence-electron chi connectivity index (χ4n) is 14.3. The van der Waals surface area contributed by atoms with Gasteiger partial charge in [-0.2, -0.15) is 0 Å². The second-order valence-electron chi connectivity index (χ2n) is 29.3. The van der Waals surface area contributed by atoms with Gasteiger partial charge in [-0.05, 0) is 19.3 Å². The standard InChI is InChI=1S/C73H131N3O31/c1-5-7-9-11-13-15-17-19-20-22-24-26-28-30-32-34-52(87)76-44(45(84)33-31-29-27-25-23-21-18-16-14-12-10-8-6-2)41-98-69-61(94)59(92)63(50(39-80)101-69)103-71-62(95)67(107-73(72(96)97)35-46(85)53(74-42(3)82)66(106-73)55(88)47(86)36-77)64(51(40-81)102-71)104-68-54(75-43(4)83)65(57(90)49(38-79)99-68)105-70-60(93)58(91)56(89)48(37-78)100-70/h31,33,44-51,53-71,77-81,84-86,88-95H,5-30,32,34-41H2,1-4H3,(H,74,82)(H,75,83)(H,76,87)(H,96,97)/b33-31+/t44?,45?,46-,47?,48+,49+,50+,51+,53+,54+,55?,56-,57-,58-,59+,60+,61+,62+,63+,64-,65+,66-,67+,68-,69+,70-,71-,73-/m0/s1. The van der Waals surface area contributed by atoms with Gasteiger partial charge in [-0.1, -0.05) is 180 Å². The number of aliphatic carboxylic acids is 1. The lowest BCUT2D eigenvalue weighted by Crippen LogP contribution is -2.72. The number of carboxylic acids is 1. The molecule has 0 aromatic heterocycles. The molecule has 5 aliphatic rings. The number of hydrogen-bond acceptors (Lipinski definition) is 30. The summed E-state index contributed by atoms with van der Waals surface area (Å²) in [4.78, 5) is 53.0. The number of carbonyl (C=O) groups is 4. The molecule has 0 bridgehead atoms. The lowest BCUT2D eigenvalue weighted by atomic mass is 9.88. The third-order valence-electron chi connectivity index (χ3n) is 20.6. The highest BCUT2D eigenvalue weighted by molar-refractivity contribution is 5.77. The number of hydrogen-bond donors (Lipinski definition) is 20. The maximum Gasteiger partial charge on any atom is 0.364 e. The van der Waals surface area contributed by atoms with Gasteiger partial charge in [0, 0.05) is 26.7 Å². The van der Waals surface area contributed by atoms with Crippen LogP contribution in [0.3, 0.4) is 0 Å². The highest BCUT2D eigenvalue weighted by Gasteiger charge is 2.62. The van der Waals surface area contributed by atoms with Gasteiger partial charge in [0.05, 0.1) is 63.9 Å². The number of nitrogens with one attached hydrogen (secondary N) is 3. The van der Waals surface area contributed by atoms with Crippen molar-refractivity contribution in [2.75, 3.05) is 39.6 Å². The number of aliphatic hydroxyl groups is 16. The normalized spacial score (nSPS) is 34.6. The Morgan fingerprint density at radius 3 is 1.44 bits per heavy atom. The van der Waals surface area contributed by atoms with E-state index in [0.717, 1.165) is 71.6 Å². The second kappa shape index (κ2) is 49.9. The summed E-state index contributed by atoms with van der Waals surface area (Å²) in [6, 6.07) is -4.81. The quantitative estimate of drug-likeness (QED) is 0.0255. The van der Waals surface area contributed by atoms with Crippen LogP contribution in [0.15, 0.2) is 12.2 Å². The van der Waals surface area contributed by atoms with Crippen LogP contribution < -0.4 is 16.0 Å². The molecule has 5 saturated heterocycles. The summed E-state index contributed by atoms with van der Waals surface area (Å²) in [7, 11) is 0. The van der Waals surface area contributed by atoms with Gasteiger partial charge in [-0.15, -0.1) is 0 Å². The molecule has 107 heavy (non-hydrogen) atoms. The van der Waals surface area contributed by atoms with Crippen LogP contribution in [0.1, 0.15) is 214 Å². The molecule has 624 valence electrons. The van der Waals surface area contributed by atoms with Gasteiger partial charge in [0.1, 0.15) is 116 Å². The van der Waals surface area contributed by atoms with Gasteiger partial charge in [0.2, 0.25) is 17.7 Å². The molecule has 0 aliphatic carbocycles. The molecular formula is C73H131N3O31. The van der Waals surface area contributed by atoms with Crippen LogP contribution in [0.2, 0.25) is 0 Å². The molecular weight excluding hydrogens is 1410 g/mol. The Labute approximate surface area is 627 Å². The lowest BCUT2D eigenvalue weighted by molar-refractivity contribution is -0.403. The molecule has 34 heteroatoms. The zero-order chi connectivity index (χ0) is 78.8. The van der Waals surface area contributed by atoms with Crippen molar-refractivity contribution in [2.24, 2.45) is 0 Å². The fourth-order valence-corrected chi connectivity index (χ4v) is 14.3. The molecule has 5 aliphatic heterocycles. The monoisotopic (exact) mass is 1550 g/mol. The molecule has 5 fully saturated rings. The number of ether oxygens (including phenoxy) is 10. The van der Waals surface area contributed by atoms with E-state index in [-0.39, 0.29) is 12.3 Å². The first-order chi connectivity index (χ1) is 51.3. The predicted molar refractivity (Wildman–Crippen MR) is 378 cm³/mol. The van der Waals surface area contributed by atoms with Gasteiger partial charge < -0.3 is 150 Å². The van der Waals surface area contributed by atoms with Crippen LogP contribution >= 0.6 is 0 Å². The van der Waals surface area contributed by atoms with Crippen LogP contribution in [0, 0.1) is 0 Å². The molecule has 4 unspecified atom stereocenters. The lowest BCUT2D eigenvalue weighted by Gasteiger charge is -2.52. The molecule has 5 heterocycles. The van der Waals surface area contributed by atoms with E-state index in [9.17, 15) is 106 Å². The molecule has 3 amide bonds. The highest BCUT2D eigenvalue weighted by Crippen LogP contribution is 2.41. The summed E-state index contributed by atoms with van der Waals surface area (Å²) < 4.78 is 60.1. The van der Waals surface area contributed by atoms with E-state index in [1.807, 2.05) is 6.08 Å². The van der Waals surface area contributed by atoms with Crippen LogP contribution in [-0.2, 0) is 66.5 Å². The van der Waals surface area contributed by atoms with Crippen molar-refractivity contribution in [1.29, 1.82) is 0 Å².